The van der Waals surface area contributed by atoms with Crippen molar-refractivity contribution in [3.05, 3.63) is 57.5 Å². The van der Waals surface area contributed by atoms with E-state index in [1.165, 1.54) is 10.2 Å². The number of aromatic nitrogens is 2. The molecule has 2 N–H and O–H groups in total. The van der Waals surface area contributed by atoms with Gasteiger partial charge in [0.05, 0.1) is 23.3 Å². The molecule has 0 radical (unpaired) electrons. The fraction of sp³-hybridized carbons (Fsp3) is 0.542. The molecule has 1 aromatic heterocycles. The number of benzene rings is 1. The van der Waals surface area contributed by atoms with E-state index in [0.717, 1.165) is 19.3 Å². The second-order valence-corrected chi connectivity index (χ2v) is 10.2. The number of hydrogen-bond acceptors (Lipinski definition) is 4. The van der Waals surface area contributed by atoms with Crippen molar-refractivity contribution in [1.82, 2.24) is 9.78 Å². The minimum atomic E-state index is -0.812. The van der Waals surface area contributed by atoms with Crippen LogP contribution in [0.25, 0.3) is 0 Å². The second kappa shape index (κ2) is 7.66. The van der Waals surface area contributed by atoms with Crippen molar-refractivity contribution in [2.75, 3.05) is 11.9 Å². The first-order chi connectivity index (χ1) is 14.9. The molecule has 31 heavy (non-hydrogen) atoms. The van der Waals surface area contributed by atoms with E-state index in [1.807, 2.05) is 18.2 Å². The summed E-state index contributed by atoms with van der Waals surface area (Å²) in [5.74, 6) is -0.0684. The van der Waals surface area contributed by atoms with Gasteiger partial charge in [-0.05, 0) is 61.3 Å². The molecule has 0 amide bonds. The fourth-order valence-corrected chi connectivity index (χ4v) is 6.97. The molecule has 4 saturated carbocycles. The van der Waals surface area contributed by atoms with Crippen molar-refractivity contribution in [3.8, 4) is 0 Å². The van der Waals surface area contributed by atoms with Crippen molar-refractivity contribution in [2.45, 2.75) is 50.5 Å². The Hall–Kier alpha value is -2.34. The largest absolute Gasteiger partial charge is 0.481 e. The monoisotopic (exact) mass is 441 g/mol. The molecule has 4 aliphatic carbocycles. The molecule has 1 aromatic carbocycles. The Morgan fingerprint density at radius 1 is 1.26 bits per heavy atom. The van der Waals surface area contributed by atoms with Gasteiger partial charge in [0.15, 0.2) is 0 Å². The second-order valence-electron chi connectivity index (χ2n) is 9.81. The molecule has 4 fully saturated rings. The van der Waals surface area contributed by atoms with Crippen molar-refractivity contribution in [1.29, 1.82) is 0 Å². The van der Waals surface area contributed by atoms with Crippen LogP contribution in [0.2, 0.25) is 5.02 Å². The summed E-state index contributed by atoms with van der Waals surface area (Å²) in [4.78, 5) is 25.6. The van der Waals surface area contributed by atoms with Crippen LogP contribution in [0, 0.1) is 23.7 Å². The third-order valence-electron chi connectivity index (χ3n) is 7.85. The van der Waals surface area contributed by atoms with E-state index < -0.39 is 17.4 Å². The molecule has 7 heteroatoms. The summed E-state index contributed by atoms with van der Waals surface area (Å²) < 4.78 is 1.43. The van der Waals surface area contributed by atoms with Crippen LogP contribution in [0.3, 0.4) is 0 Å². The molecule has 6 rings (SSSR count). The highest BCUT2D eigenvalue weighted by molar-refractivity contribution is 6.32. The summed E-state index contributed by atoms with van der Waals surface area (Å²) in [5.41, 5.74) is 0.566. The molecule has 0 saturated heterocycles. The van der Waals surface area contributed by atoms with Gasteiger partial charge in [-0.25, -0.2) is 4.68 Å². The SMILES string of the molecule is C[C@H](CNc1cnn(C23C[C@@H]4CC(C[C@H](C4)C2)[C@@H]3C(=O)O)c(=O)c1Cl)c1ccccc1. The summed E-state index contributed by atoms with van der Waals surface area (Å²) >= 11 is 6.51. The summed E-state index contributed by atoms with van der Waals surface area (Å²) in [5, 5.41) is 17.9. The van der Waals surface area contributed by atoms with E-state index in [2.05, 4.69) is 29.5 Å². The van der Waals surface area contributed by atoms with Crippen molar-refractivity contribution in [3.63, 3.8) is 0 Å². The van der Waals surface area contributed by atoms with Crippen molar-refractivity contribution in [2.24, 2.45) is 23.7 Å². The lowest BCUT2D eigenvalue weighted by Gasteiger charge is -2.59. The Morgan fingerprint density at radius 2 is 1.94 bits per heavy atom. The molecule has 0 spiro atoms. The lowest BCUT2D eigenvalue weighted by molar-refractivity contribution is -0.168. The summed E-state index contributed by atoms with van der Waals surface area (Å²) in [6.45, 7) is 2.72. The predicted octanol–water partition coefficient (Wildman–Crippen LogP) is 4.35. The molecule has 2 aromatic rings. The zero-order chi connectivity index (χ0) is 21.8. The third-order valence-corrected chi connectivity index (χ3v) is 8.21. The van der Waals surface area contributed by atoms with E-state index in [-0.39, 0.29) is 22.4 Å². The summed E-state index contributed by atoms with van der Waals surface area (Å²) in [6.07, 6.45) is 6.06. The number of nitrogens with one attached hydrogen (secondary N) is 1. The van der Waals surface area contributed by atoms with Gasteiger partial charge in [0.2, 0.25) is 0 Å². The molecule has 0 aliphatic heterocycles. The van der Waals surface area contributed by atoms with Crippen LogP contribution in [0.4, 0.5) is 5.69 Å². The van der Waals surface area contributed by atoms with Crippen LogP contribution in [0.5, 0.6) is 0 Å². The molecule has 4 bridgehead atoms. The Morgan fingerprint density at radius 3 is 2.58 bits per heavy atom. The van der Waals surface area contributed by atoms with Crippen LogP contribution >= 0.6 is 11.6 Å². The molecule has 1 heterocycles. The predicted molar refractivity (Wildman–Crippen MR) is 120 cm³/mol. The molecular weight excluding hydrogens is 414 g/mol. The Balaban J connectivity index is 1.44. The van der Waals surface area contributed by atoms with Crippen LogP contribution in [-0.2, 0) is 10.3 Å². The minimum Gasteiger partial charge on any atom is -0.481 e. The van der Waals surface area contributed by atoms with Gasteiger partial charge in [-0.1, -0.05) is 48.9 Å². The first-order valence-electron chi connectivity index (χ1n) is 11.2. The van der Waals surface area contributed by atoms with Gasteiger partial charge < -0.3 is 10.4 Å². The first-order valence-corrected chi connectivity index (χ1v) is 11.6. The van der Waals surface area contributed by atoms with Gasteiger partial charge in [0.1, 0.15) is 5.02 Å². The van der Waals surface area contributed by atoms with Crippen molar-refractivity contribution >= 4 is 23.3 Å². The zero-order valence-corrected chi connectivity index (χ0v) is 18.4. The average Bonchev–Trinajstić information content (AvgIpc) is 2.74. The standard InChI is InChI=1S/C24H28ClN3O3/c1-14(17-5-3-2-4-6-17)12-26-19-13-27-28(22(29)21(19)25)24-10-15-7-16(11-24)9-18(8-15)20(24)23(30)31/h2-6,13-16,18,20,26H,7-12H2,1H3,(H,30,31)/t14-,15+,16+,18?,20-,24?/m1/s1. The topological polar surface area (TPSA) is 84.2 Å². The van der Waals surface area contributed by atoms with Crippen LogP contribution in [-0.4, -0.2) is 27.4 Å². The lowest BCUT2D eigenvalue weighted by atomic mass is 9.48. The minimum absolute atomic E-state index is 0.0927. The highest BCUT2D eigenvalue weighted by Crippen LogP contribution is 2.61. The molecule has 4 atom stereocenters. The average molecular weight is 442 g/mol. The maximum atomic E-state index is 13.3. The van der Waals surface area contributed by atoms with E-state index >= 15 is 0 Å². The quantitative estimate of drug-likeness (QED) is 0.696. The smallest absolute Gasteiger partial charge is 0.309 e. The Bertz CT molecular complexity index is 1040. The lowest BCUT2D eigenvalue weighted by Crippen LogP contribution is -2.63. The molecule has 4 aliphatic rings. The third kappa shape index (κ3) is 3.36. The number of rotatable bonds is 6. The molecule has 0 unspecified atom stereocenters. The number of carboxylic acid groups (broad SMARTS) is 1. The van der Waals surface area contributed by atoms with Gasteiger partial charge in [-0.2, -0.15) is 5.10 Å². The van der Waals surface area contributed by atoms with Gasteiger partial charge in [0.25, 0.3) is 5.56 Å². The summed E-state index contributed by atoms with van der Waals surface area (Å²) in [7, 11) is 0. The number of anilines is 1. The molecule has 6 nitrogen and oxygen atoms in total. The van der Waals surface area contributed by atoms with E-state index in [1.54, 1.807) is 6.20 Å². The number of aliphatic carboxylic acids is 1. The maximum absolute atomic E-state index is 13.3. The zero-order valence-electron chi connectivity index (χ0n) is 17.6. The van der Waals surface area contributed by atoms with E-state index in [4.69, 9.17) is 11.6 Å². The van der Waals surface area contributed by atoms with Gasteiger partial charge in [-0.15, -0.1) is 0 Å². The number of carboxylic acids is 1. The number of hydrogen-bond donors (Lipinski definition) is 2. The number of carbonyl (C=O) groups is 1. The highest BCUT2D eigenvalue weighted by atomic mass is 35.5. The highest BCUT2D eigenvalue weighted by Gasteiger charge is 2.61. The van der Waals surface area contributed by atoms with E-state index in [0.29, 0.717) is 36.9 Å². The summed E-state index contributed by atoms with van der Waals surface area (Å²) in [6, 6.07) is 10.1. The van der Waals surface area contributed by atoms with Gasteiger partial charge in [-0.3, -0.25) is 9.59 Å². The number of halogens is 1. The first kappa shape index (κ1) is 20.6. The van der Waals surface area contributed by atoms with Gasteiger partial charge in [0, 0.05) is 6.54 Å². The maximum Gasteiger partial charge on any atom is 0.309 e. The molecular formula is C24H28ClN3O3. The van der Waals surface area contributed by atoms with Crippen molar-refractivity contribution < 1.29 is 9.90 Å². The number of nitrogens with zero attached hydrogens (tertiary/aromatic N) is 2. The fourth-order valence-electron chi connectivity index (χ4n) is 6.77. The molecule has 164 valence electrons. The Labute approximate surface area is 186 Å². The van der Waals surface area contributed by atoms with Crippen LogP contribution in [0.1, 0.15) is 50.5 Å². The van der Waals surface area contributed by atoms with Crippen LogP contribution in [0.15, 0.2) is 41.3 Å². The van der Waals surface area contributed by atoms with Crippen LogP contribution < -0.4 is 10.9 Å². The normalized spacial score (nSPS) is 32.1. The van der Waals surface area contributed by atoms with Gasteiger partial charge >= 0.3 is 5.97 Å². The van der Waals surface area contributed by atoms with E-state index in [9.17, 15) is 14.7 Å². The Kier molecular flexibility index (Phi) is 5.08.